The highest BCUT2D eigenvalue weighted by atomic mass is 16.6. The molecular formula is C12H15N3O4. The summed E-state index contributed by atoms with van der Waals surface area (Å²) in [5, 5.41) is 13.8. The predicted octanol–water partition coefficient (Wildman–Crippen LogP) is 1.25. The number of nitrogens with zero attached hydrogens (tertiary/aromatic N) is 2. The molecule has 0 spiro atoms. The van der Waals surface area contributed by atoms with E-state index in [1.54, 1.807) is 18.0 Å². The van der Waals surface area contributed by atoms with Gasteiger partial charge in [-0.3, -0.25) is 14.9 Å². The maximum Gasteiger partial charge on any atom is 0.311 e. The number of nitro benzene ring substituents is 1. The first kappa shape index (κ1) is 13.1. The van der Waals surface area contributed by atoms with E-state index in [-0.39, 0.29) is 23.4 Å². The van der Waals surface area contributed by atoms with Crippen molar-refractivity contribution in [1.82, 2.24) is 4.90 Å². The zero-order valence-corrected chi connectivity index (χ0v) is 10.8. The van der Waals surface area contributed by atoms with Crippen molar-refractivity contribution >= 4 is 17.3 Å². The van der Waals surface area contributed by atoms with Crippen LogP contribution in [-0.4, -0.2) is 42.5 Å². The molecule has 1 atom stereocenters. The highest BCUT2D eigenvalue weighted by molar-refractivity contribution is 5.86. The summed E-state index contributed by atoms with van der Waals surface area (Å²) in [6.45, 7) is 0.709. The van der Waals surface area contributed by atoms with Gasteiger partial charge < -0.3 is 15.0 Å². The SMILES string of the molecule is COc1cc(NC2CCN(C)C2=O)ccc1[N+](=O)[O-]. The van der Waals surface area contributed by atoms with Crippen molar-refractivity contribution in [3.05, 3.63) is 28.3 Å². The monoisotopic (exact) mass is 265 g/mol. The fraction of sp³-hybridized carbons (Fsp3) is 0.417. The van der Waals surface area contributed by atoms with Crippen molar-refractivity contribution in [2.75, 3.05) is 26.0 Å². The summed E-state index contributed by atoms with van der Waals surface area (Å²) in [6.07, 6.45) is 0.717. The summed E-state index contributed by atoms with van der Waals surface area (Å²) in [7, 11) is 3.13. The van der Waals surface area contributed by atoms with E-state index in [4.69, 9.17) is 4.74 Å². The second-order valence-electron chi connectivity index (χ2n) is 4.39. The maximum absolute atomic E-state index is 11.8. The van der Waals surface area contributed by atoms with Crippen LogP contribution in [0.1, 0.15) is 6.42 Å². The normalized spacial score (nSPS) is 18.5. The third-order valence-electron chi connectivity index (χ3n) is 3.14. The zero-order valence-electron chi connectivity index (χ0n) is 10.8. The number of nitrogens with one attached hydrogen (secondary N) is 1. The van der Waals surface area contributed by atoms with Gasteiger partial charge in [-0.2, -0.15) is 0 Å². The van der Waals surface area contributed by atoms with Gasteiger partial charge in [0.2, 0.25) is 5.91 Å². The van der Waals surface area contributed by atoms with Crippen LogP contribution in [0.25, 0.3) is 0 Å². The second kappa shape index (κ2) is 5.13. The Morgan fingerprint density at radius 2 is 2.26 bits per heavy atom. The maximum atomic E-state index is 11.8. The number of amides is 1. The minimum atomic E-state index is -0.503. The van der Waals surface area contributed by atoms with Crippen LogP contribution in [0.3, 0.4) is 0 Å². The number of ether oxygens (including phenoxy) is 1. The minimum Gasteiger partial charge on any atom is -0.490 e. The molecule has 2 rings (SSSR count). The fourth-order valence-electron chi connectivity index (χ4n) is 2.08. The topological polar surface area (TPSA) is 84.7 Å². The standard InChI is InChI=1S/C12H15N3O4/c1-14-6-5-9(12(14)16)13-8-3-4-10(15(17)18)11(7-8)19-2/h3-4,7,9,13H,5-6H2,1-2H3. The van der Waals surface area contributed by atoms with Crippen LogP contribution in [-0.2, 0) is 4.79 Å². The summed E-state index contributed by atoms with van der Waals surface area (Å²) in [6, 6.07) is 4.19. The van der Waals surface area contributed by atoms with Gasteiger partial charge in [0, 0.05) is 31.4 Å². The van der Waals surface area contributed by atoms with E-state index >= 15 is 0 Å². The van der Waals surface area contributed by atoms with E-state index in [2.05, 4.69) is 5.32 Å². The van der Waals surface area contributed by atoms with Crippen molar-refractivity contribution in [3.8, 4) is 5.75 Å². The van der Waals surface area contributed by atoms with Gasteiger partial charge in [-0.05, 0) is 12.5 Å². The Morgan fingerprint density at radius 3 is 2.79 bits per heavy atom. The van der Waals surface area contributed by atoms with Crippen LogP contribution in [0.5, 0.6) is 5.75 Å². The van der Waals surface area contributed by atoms with Crippen molar-refractivity contribution in [2.45, 2.75) is 12.5 Å². The predicted molar refractivity (Wildman–Crippen MR) is 69.3 cm³/mol. The van der Waals surface area contributed by atoms with Gasteiger partial charge in [-0.15, -0.1) is 0 Å². The van der Waals surface area contributed by atoms with Crippen molar-refractivity contribution in [3.63, 3.8) is 0 Å². The molecule has 7 heteroatoms. The number of likely N-dealkylation sites (tertiary alicyclic amines) is 1. The Labute approximate surface area is 110 Å². The summed E-state index contributed by atoms with van der Waals surface area (Å²) < 4.78 is 4.98. The van der Waals surface area contributed by atoms with E-state index in [0.29, 0.717) is 18.7 Å². The van der Waals surface area contributed by atoms with Crippen molar-refractivity contribution < 1.29 is 14.5 Å². The van der Waals surface area contributed by atoms with Crippen molar-refractivity contribution in [2.24, 2.45) is 0 Å². The number of nitro groups is 1. The molecule has 0 radical (unpaired) electrons. The molecule has 7 nitrogen and oxygen atoms in total. The molecular weight excluding hydrogens is 250 g/mol. The molecule has 1 amide bonds. The molecule has 1 unspecified atom stereocenters. The average molecular weight is 265 g/mol. The smallest absolute Gasteiger partial charge is 0.311 e. The van der Waals surface area contributed by atoms with Gasteiger partial charge in [-0.25, -0.2) is 0 Å². The Hall–Kier alpha value is -2.31. The van der Waals surface area contributed by atoms with Crippen LogP contribution in [0.4, 0.5) is 11.4 Å². The van der Waals surface area contributed by atoms with Gasteiger partial charge in [0.25, 0.3) is 0 Å². The summed E-state index contributed by atoms with van der Waals surface area (Å²) in [4.78, 5) is 23.7. The number of rotatable bonds is 4. The van der Waals surface area contributed by atoms with Crippen LogP contribution in [0.15, 0.2) is 18.2 Å². The molecule has 0 aromatic heterocycles. The Morgan fingerprint density at radius 1 is 1.53 bits per heavy atom. The van der Waals surface area contributed by atoms with Gasteiger partial charge in [-0.1, -0.05) is 0 Å². The molecule has 1 fully saturated rings. The van der Waals surface area contributed by atoms with Crippen LogP contribution in [0, 0.1) is 10.1 Å². The van der Waals surface area contributed by atoms with E-state index in [1.807, 2.05) is 0 Å². The van der Waals surface area contributed by atoms with E-state index in [0.717, 1.165) is 0 Å². The first-order valence-electron chi connectivity index (χ1n) is 5.87. The molecule has 1 N–H and O–H groups in total. The molecule has 1 heterocycles. The summed E-state index contributed by atoms with van der Waals surface area (Å²) in [5.41, 5.74) is 0.541. The number of methoxy groups -OCH3 is 1. The van der Waals surface area contributed by atoms with Crippen LogP contribution < -0.4 is 10.1 Å². The van der Waals surface area contributed by atoms with Gasteiger partial charge in [0.05, 0.1) is 12.0 Å². The molecule has 0 saturated carbocycles. The fourth-order valence-corrected chi connectivity index (χ4v) is 2.08. The zero-order chi connectivity index (χ0) is 14.0. The Bertz CT molecular complexity index is 518. The number of anilines is 1. The second-order valence-corrected chi connectivity index (χ2v) is 4.39. The van der Waals surface area contributed by atoms with E-state index in [9.17, 15) is 14.9 Å². The number of likely N-dealkylation sites (N-methyl/N-ethyl adjacent to an activating group) is 1. The first-order valence-corrected chi connectivity index (χ1v) is 5.87. The quantitative estimate of drug-likeness (QED) is 0.654. The molecule has 1 aromatic rings. The molecule has 1 aliphatic heterocycles. The molecule has 0 aliphatic carbocycles. The number of benzene rings is 1. The molecule has 1 aliphatic rings. The lowest BCUT2D eigenvalue weighted by molar-refractivity contribution is -0.385. The highest BCUT2D eigenvalue weighted by Gasteiger charge is 2.29. The van der Waals surface area contributed by atoms with E-state index in [1.165, 1.54) is 19.2 Å². The Kier molecular flexibility index (Phi) is 3.55. The van der Waals surface area contributed by atoms with Gasteiger partial charge in [0.1, 0.15) is 6.04 Å². The minimum absolute atomic E-state index is 0.0253. The molecule has 0 bridgehead atoms. The lowest BCUT2D eigenvalue weighted by Crippen LogP contribution is -2.30. The molecule has 1 aromatic carbocycles. The van der Waals surface area contributed by atoms with Gasteiger partial charge >= 0.3 is 5.69 Å². The third-order valence-corrected chi connectivity index (χ3v) is 3.14. The summed E-state index contributed by atoms with van der Waals surface area (Å²) in [5.74, 6) is 0.200. The van der Waals surface area contributed by atoms with Crippen LogP contribution in [0.2, 0.25) is 0 Å². The first-order chi connectivity index (χ1) is 9.02. The number of hydrogen-bond donors (Lipinski definition) is 1. The largest absolute Gasteiger partial charge is 0.490 e. The third kappa shape index (κ3) is 2.59. The Balaban J connectivity index is 2.18. The van der Waals surface area contributed by atoms with Crippen LogP contribution >= 0.6 is 0 Å². The van der Waals surface area contributed by atoms with E-state index < -0.39 is 4.92 Å². The highest BCUT2D eigenvalue weighted by Crippen LogP contribution is 2.30. The average Bonchev–Trinajstić information content (AvgIpc) is 2.70. The van der Waals surface area contributed by atoms with Crippen molar-refractivity contribution in [1.29, 1.82) is 0 Å². The van der Waals surface area contributed by atoms with Gasteiger partial charge in [0.15, 0.2) is 5.75 Å². The summed E-state index contributed by atoms with van der Waals surface area (Å²) >= 11 is 0. The number of carbonyl (C=O) groups excluding carboxylic acids is 1. The number of carbonyl (C=O) groups is 1. The lowest BCUT2D eigenvalue weighted by Gasteiger charge is -2.14. The number of hydrogen-bond acceptors (Lipinski definition) is 5. The molecule has 1 saturated heterocycles. The lowest BCUT2D eigenvalue weighted by atomic mass is 10.2. The molecule has 19 heavy (non-hydrogen) atoms. The molecule has 102 valence electrons.